The number of benzene rings is 2. The number of nitrogens with one attached hydrogen (secondary N) is 2. The van der Waals surface area contributed by atoms with Gasteiger partial charge in [0.1, 0.15) is 11.5 Å². The van der Waals surface area contributed by atoms with Gasteiger partial charge in [-0.25, -0.2) is 0 Å². The van der Waals surface area contributed by atoms with E-state index in [0.29, 0.717) is 10.8 Å². The van der Waals surface area contributed by atoms with E-state index in [2.05, 4.69) is 15.5 Å². The van der Waals surface area contributed by atoms with Crippen LogP contribution in [-0.2, 0) is 0 Å². The molecule has 142 valence electrons. The van der Waals surface area contributed by atoms with Crippen LogP contribution in [0.1, 0.15) is 10.5 Å². The highest BCUT2D eigenvalue weighted by atomic mass is 35.5. The van der Waals surface area contributed by atoms with Crippen molar-refractivity contribution in [1.29, 1.82) is 0 Å². The van der Waals surface area contributed by atoms with Gasteiger partial charge in [-0.1, -0.05) is 16.7 Å². The van der Waals surface area contributed by atoms with Crippen molar-refractivity contribution in [2.75, 3.05) is 5.32 Å². The molecule has 11 nitrogen and oxygen atoms in total. The average molecular weight is 404 g/mol. The quantitative estimate of drug-likeness (QED) is 0.466. The zero-order valence-corrected chi connectivity index (χ0v) is 14.5. The van der Waals surface area contributed by atoms with E-state index in [0.717, 1.165) is 12.1 Å². The van der Waals surface area contributed by atoms with Crippen molar-refractivity contribution < 1.29 is 19.4 Å². The average Bonchev–Trinajstić information content (AvgIpc) is 3.14. The van der Waals surface area contributed by atoms with E-state index in [4.69, 9.17) is 16.3 Å². The van der Waals surface area contributed by atoms with Crippen molar-refractivity contribution in [1.82, 2.24) is 10.2 Å². The molecule has 0 aliphatic carbocycles. The molecule has 12 heteroatoms. The van der Waals surface area contributed by atoms with Crippen molar-refractivity contribution in [3.05, 3.63) is 79.5 Å². The number of non-ortho nitro benzene ring substituents is 1. The highest BCUT2D eigenvalue weighted by Gasteiger charge is 2.18. The molecule has 2 aromatic carbocycles. The molecule has 28 heavy (non-hydrogen) atoms. The molecule has 1 aromatic heterocycles. The Morgan fingerprint density at radius 1 is 1.04 bits per heavy atom. The van der Waals surface area contributed by atoms with Gasteiger partial charge in [-0.3, -0.25) is 14.9 Å². The number of anilines is 1. The molecule has 0 bridgehead atoms. The van der Waals surface area contributed by atoms with Crippen molar-refractivity contribution in [3.8, 4) is 11.5 Å². The maximum absolute atomic E-state index is 12.2. The van der Waals surface area contributed by atoms with Crippen LogP contribution in [-0.4, -0.2) is 26.0 Å². The first kappa shape index (κ1) is 18.8. The molecule has 0 fully saturated rings. The predicted molar refractivity (Wildman–Crippen MR) is 97.8 cm³/mol. The lowest BCUT2D eigenvalue weighted by atomic mass is 10.2. The number of ether oxygens (including phenoxy) is 1. The van der Waals surface area contributed by atoms with E-state index in [1.807, 2.05) is 0 Å². The number of aromatic nitrogens is 2. The number of nitro benzene ring substituents is 1. The molecule has 0 unspecified atom stereocenters. The smallest absolute Gasteiger partial charge is 0.343 e. The van der Waals surface area contributed by atoms with Gasteiger partial charge in [-0.15, -0.1) is 5.10 Å². The summed E-state index contributed by atoms with van der Waals surface area (Å²) in [5, 5.41) is 30.3. The SMILES string of the molecule is O=C(Nc1cc(Oc2ccc(Cl)cc2)cc([N+](=O)[O-])c1)c1cc([N+](=O)[O-])[nH]n1. The van der Waals surface area contributed by atoms with E-state index < -0.39 is 21.6 Å². The van der Waals surface area contributed by atoms with Gasteiger partial charge in [0.2, 0.25) is 0 Å². The number of amides is 1. The number of H-pyrrole nitrogens is 1. The second-order valence-electron chi connectivity index (χ2n) is 5.38. The van der Waals surface area contributed by atoms with Gasteiger partial charge in [-0.2, -0.15) is 0 Å². The molecule has 2 N–H and O–H groups in total. The summed E-state index contributed by atoms with van der Waals surface area (Å²) < 4.78 is 5.56. The van der Waals surface area contributed by atoms with Crippen LogP contribution < -0.4 is 10.1 Å². The second kappa shape index (κ2) is 7.72. The van der Waals surface area contributed by atoms with Gasteiger partial charge in [-0.05, 0) is 29.2 Å². The van der Waals surface area contributed by atoms with Crippen molar-refractivity contribution in [3.63, 3.8) is 0 Å². The molecule has 0 aliphatic rings. The summed E-state index contributed by atoms with van der Waals surface area (Å²) in [7, 11) is 0. The third-order valence-corrected chi connectivity index (χ3v) is 3.65. The Kier molecular flexibility index (Phi) is 5.18. The summed E-state index contributed by atoms with van der Waals surface area (Å²) in [6.45, 7) is 0. The molecule has 0 saturated carbocycles. The van der Waals surface area contributed by atoms with Crippen LogP contribution in [0.4, 0.5) is 17.2 Å². The Morgan fingerprint density at radius 3 is 2.36 bits per heavy atom. The van der Waals surface area contributed by atoms with Crippen LogP contribution in [0.2, 0.25) is 5.02 Å². The van der Waals surface area contributed by atoms with E-state index in [1.165, 1.54) is 12.1 Å². The molecule has 0 radical (unpaired) electrons. The lowest BCUT2D eigenvalue weighted by Gasteiger charge is -2.09. The first-order chi connectivity index (χ1) is 13.3. The van der Waals surface area contributed by atoms with Gasteiger partial charge in [0.25, 0.3) is 11.6 Å². The Labute approximate surface area is 161 Å². The zero-order chi connectivity index (χ0) is 20.3. The summed E-state index contributed by atoms with van der Waals surface area (Å²) in [4.78, 5) is 32.6. The first-order valence-corrected chi connectivity index (χ1v) is 7.93. The van der Waals surface area contributed by atoms with Crippen molar-refractivity contribution in [2.45, 2.75) is 0 Å². The molecular formula is C16H10ClN5O6. The molecular weight excluding hydrogens is 394 g/mol. The van der Waals surface area contributed by atoms with Gasteiger partial charge < -0.3 is 20.2 Å². The van der Waals surface area contributed by atoms with Crippen LogP contribution in [0.15, 0.2) is 48.5 Å². The molecule has 3 aromatic rings. The van der Waals surface area contributed by atoms with E-state index in [1.54, 1.807) is 24.3 Å². The number of hydrogen-bond acceptors (Lipinski definition) is 7. The molecule has 0 atom stereocenters. The van der Waals surface area contributed by atoms with E-state index in [-0.39, 0.29) is 22.8 Å². The minimum Gasteiger partial charge on any atom is -0.457 e. The van der Waals surface area contributed by atoms with Crippen LogP contribution in [0.5, 0.6) is 11.5 Å². The number of halogens is 1. The maximum atomic E-state index is 12.2. The normalized spacial score (nSPS) is 10.3. The third kappa shape index (κ3) is 4.40. The summed E-state index contributed by atoms with van der Waals surface area (Å²) in [5.74, 6) is -0.775. The Hall–Kier alpha value is -3.99. The Morgan fingerprint density at radius 2 is 1.75 bits per heavy atom. The van der Waals surface area contributed by atoms with Crippen molar-refractivity contribution in [2.24, 2.45) is 0 Å². The molecule has 0 saturated heterocycles. The fourth-order valence-corrected chi connectivity index (χ4v) is 2.30. The highest BCUT2D eigenvalue weighted by molar-refractivity contribution is 6.30. The van der Waals surface area contributed by atoms with Crippen molar-refractivity contribution >= 4 is 34.7 Å². The molecule has 1 amide bonds. The number of aromatic amines is 1. The predicted octanol–water partition coefficient (Wildman–Crippen LogP) is 3.92. The van der Waals surface area contributed by atoms with E-state index >= 15 is 0 Å². The minimum absolute atomic E-state index is 0.0498. The first-order valence-electron chi connectivity index (χ1n) is 7.56. The molecule has 0 aliphatic heterocycles. The largest absolute Gasteiger partial charge is 0.457 e. The molecule has 3 rings (SSSR count). The fourth-order valence-electron chi connectivity index (χ4n) is 2.18. The van der Waals surface area contributed by atoms with Gasteiger partial charge in [0.15, 0.2) is 5.69 Å². The van der Waals surface area contributed by atoms with Crippen LogP contribution in [0.3, 0.4) is 0 Å². The van der Waals surface area contributed by atoms with Gasteiger partial charge in [0.05, 0.1) is 22.7 Å². The van der Waals surface area contributed by atoms with Gasteiger partial charge >= 0.3 is 5.82 Å². The van der Waals surface area contributed by atoms with Crippen LogP contribution in [0.25, 0.3) is 0 Å². The summed E-state index contributed by atoms with van der Waals surface area (Å²) in [5.41, 5.74) is -0.526. The second-order valence-corrected chi connectivity index (χ2v) is 5.81. The zero-order valence-electron chi connectivity index (χ0n) is 13.8. The number of rotatable bonds is 6. The highest BCUT2D eigenvalue weighted by Crippen LogP contribution is 2.30. The summed E-state index contributed by atoms with van der Waals surface area (Å²) in [6, 6.07) is 10.9. The van der Waals surface area contributed by atoms with Crippen LogP contribution in [0, 0.1) is 20.2 Å². The summed E-state index contributed by atoms with van der Waals surface area (Å²) in [6.07, 6.45) is 0. The van der Waals surface area contributed by atoms with Crippen LogP contribution >= 0.6 is 11.6 Å². The Bertz CT molecular complexity index is 1070. The summed E-state index contributed by atoms with van der Waals surface area (Å²) >= 11 is 5.80. The molecule has 1 heterocycles. The number of hydrogen-bond donors (Lipinski definition) is 2. The van der Waals surface area contributed by atoms with Gasteiger partial charge in [0, 0.05) is 17.2 Å². The maximum Gasteiger partial charge on any atom is 0.343 e. The number of carbonyl (C=O) groups is 1. The third-order valence-electron chi connectivity index (χ3n) is 3.40. The van der Waals surface area contributed by atoms with E-state index in [9.17, 15) is 25.0 Å². The molecule has 0 spiro atoms. The lowest BCUT2D eigenvalue weighted by molar-refractivity contribution is -0.389. The number of nitro groups is 2. The monoisotopic (exact) mass is 403 g/mol. The fraction of sp³-hybridized carbons (Fsp3) is 0. The standard InChI is InChI=1S/C16H10ClN5O6/c17-9-1-3-12(4-2-9)28-13-6-10(5-11(7-13)21(24)25)18-16(23)14-8-15(20-19-14)22(26)27/h1-8H,(H,18,23)(H,19,20). The Balaban J connectivity index is 1.85. The minimum atomic E-state index is -0.790. The number of nitrogens with zero attached hydrogens (tertiary/aromatic N) is 3. The number of carbonyl (C=O) groups excluding carboxylic acids is 1. The topological polar surface area (TPSA) is 153 Å². The lowest BCUT2D eigenvalue weighted by Crippen LogP contribution is -2.12.